The molecule has 1 aliphatic rings. The number of Topliss-reactive ketones (excluding diaryl/α,β-unsaturated/α-hetero) is 1. The molecule has 2 rings (SSSR count). The molecule has 0 radical (unpaired) electrons. The van der Waals surface area contributed by atoms with E-state index < -0.39 is 0 Å². The van der Waals surface area contributed by atoms with Crippen LogP contribution in [-0.4, -0.2) is 18.4 Å². The standard InChI is InChI=1S/C11H13NO/c13-11(10-7-4-8-12-10)9-5-2-1-3-6-9/h1-3,5-6,10,12H,4,7-8H2/t10-/m1/s1. The average Bonchev–Trinajstić information content (AvgIpc) is 2.71. The van der Waals surface area contributed by atoms with Crippen LogP contribution in [0.3, 0.4) is 0 Å². The Hall–Kier alpha value is -1.15. The predicted molar refractivity (Wildman–Crippen MR) is 51.8 cm³/mol. The molecule has 1 heterocycles. The fourth-order valence-electron chi connectivity index (χ4n) is 1.71. The third kappa shape index (κ3) is 1.78. The minimum absolute atomic E-state index is 0.0578. The van der Waals surface area contributed by atoms with Gasteiger partial charge in [0.2, 0.25) is 0 Å². The molecule has 13 heavy (non-hydrogen) atoms. The van der Waals surface area contributed by atoms with Crippen LogP contribution in [0.5, 0.6) is 0 Å². The van der Waals surface area contributed by atoms with E-state index in [-0.39, 0.29) is 11.8 Å². The van der Waals surface area contributed by atoms with Crippen molar-refractivity contribution in [2.24, 2.45) is 0 Å². The molecule has 2 heteroatoms. The molecular weight excluding hydrogens is 162 g/mol. The lowest BCUT2D eigenvalue weighted by molar-refractivity contribution is 0.0952. The molecule has 0 spiro atoms. The number of carbonyl (C=O) groups is 1. The smallest absolute Gasteiger partial charge is 0.179 e. The quantitative estimate of drug-likeness (QED) is 0.692. The lowest BCUT2D eigenvalue weighted by atomic mass is 10.0. The van der Waals surface area contributed by atoms with Crippen LogP contribution in [0.4, 0.5) is 0 Å². The molecule has 1 atom stereocenters. The van der Waals surface area contributed by atoms with Crippen molar-refractivity contribution >= 4 is 5.78 Å². The molecule has 2 nitrogen and oxygen atoms in total. The summed E-state index contributed by atoms with van der Waals surface area (Å²) in [6, 6.07) is 9.55. The molecule has 1 fully saturated rings. The summed E-state index contributed by atoms with van der Waals surface area (Å²) in [6.07, 6.45) is 2.09. The summed E-state index contributed by atoms with van der Waals surface area (Å²) in [5.41, 5.74) is 0.821. The van der Waals surface area contributed by atoms with Crippen LogP contribution in [-0.2, 0) is 0 Å². The van der Waals surface area contributed by atoms with Crippen molar-refractivity contribution in [3.63, 3.8) is 0 Å². The second-order valence-corrected chi connectivity index (χ2v) is 3.38. The highest BCUT2D eigenvalue weighted by atomic mass is 16.1. The Morgan fingerprint density at radius 2 is 2.08 bits per heavy atom. The van der Waals surface area contributed by atoms with E-state index in [1.807, 2.05) is 30.3 Å². The number of hydrogen-bond acceptors (Lipinski definition) is 2. The molecule has 0 amide bonds. The first kappa shape index (κ1) is 8.45. The Bertz CT molecular complexity index is 288. The highest BCUT2D eigenvalue weighted by molar-refractivity contribution is 6.00. The van der Waals surface area contributed by atoms with Crippen molar-refractivity contribution in [1.29, 1.82) is 0 Å². The SMILES string of the molecule is O=C(c1ccccc1)[C@H]1CCCN1. The van der Waals surface area contributed by atoms with Gasteiger partial charge >= 0.3 is 0 Å². The first-order valence-electron chi connectivity index (χ1n) is 4.70. The summed E-state index contributed by atoms with van der Waals surface area (Å²) in [6.45, 7) is 0.975. The second-order valence-electron chi connectivity index (χ2n) is 3.38. The van der Waals surface area contributed by atoms with Crippen LogP contribution in [0.15, 0.2) is 30.3 Å². The molecule has 1 aromatic carbocycles. The number of nitrogens with one attached hydrogen (secondary N) is 1. The van der Waals surface area contributed by atoms with Crippen LogP contribution in [0.2, 0.25) is 0 Å². The Kier molecular flexibility index (Phi) is 2.41. The highest BCUT2D eigenvalue weighted by Gasteiger charge is 2.22. The molecular formula is C11H13NO. The number of ketones is 1. The van der Waals surface area contributed by atoms with Gasteiger partial charge in [0, 0.05) is 5.56 Å². The molecule has 0 saturated carbocycles. The van der Waals surface area contributed by atoms with Gasteiger partial charge in [-0.3, -0.25) is 4.79 Å². The van der Waals surface area contributed by atoms with Gasteiger partial charge in [-0.2, -0.15) is 0 Å². The zero-order chi connectivity index (χ0) is 9.10. The van der Waals surface area contributed by atoms with Crippen LogP contribution in [0.25, 0.3) is 0 Å². The van der Waals surface area contributed by atoms with E-state index in [4.69, 9.17) is 0 Å². The van der Waals surface area contributed by atoms with Gasteiger partial charge in [0.15, 0.2) is 5.78 Å². The Labute approximate surface area is 78.0 Å². The maximum Gasteiger partial charge on any atom is 0.179 e. The third-order valence-corrected chi connectivity index (χ3v) is 2.44. The van der Waals surface area contributed by atoms with Crippen molar-refractivity contribution < 1.29 is 4.79 Å². The number of benzene rings is 1. The summed E-state index contributed by atoms with van der Waals surface area (Å²) in [5.74, 6) is 0.234. The van der Waals surface area contributed by atoms with Gasteiger partial charge in [-0.25, -0.2) is 0 Å². The van der Waals surface area contributed by atoms with Crippen molar-refractivity contribution in [2.45, 2.75) is 18.9 Å². The largest absolute Gasteiger partial charge is 0.307 e. The van der Waals surface area contributed by atoms with E-state index in [2.05, 4.69) is 5.32 Å². The van der Waals surface area contributed by atoms with Crippen molar-refractivity contribution in [3.8, 4) is 0 Å². The maximum atomic E-state index is 11.8. The predicted octanol–water partition coefficient (Wildman–Crippen LogP) is 1.62. The lowest BCUT2D eigenvalue weighted by Crippen LogP contribution is -2.30. The summed E-state index contributed by atoms with van der Waals surface area (Å²) < 4.78 is 0. The lowest BCUT2D eigenvalue weighted by Gasteiger charge is -2.07. The highest BCUT2D eigenvalue weighted by Crippen LogP contribution is 2.11. The summed E-state index contributed by atoms with van der Waals surface area (Å²) in [4.78, 5) is 11.8. The molecule has 0 bridgehead atoms. The van der Waals surface area contributed by atoms with E-state index in [0.29, 0.717) is 0 Å². The van der Waals surface area contributed by atoms with Crippen molar-refractivity contribution in [2.75, 3.05) is 6.54 Å². The van der Waals surface area contributed by atoms with E-state index in [1.54, 1.807) is 0 Å². The molecule has 1 saturated heterocycles. The second kappa shape index (κ2) is 3.71. The molecule has 1 aromatic rings. The zero-order valence-electron chi connectivity index (χ0n) is 7.49. The van der Waals surface area contributed by atoms with Gasteiger partial charge in [-0.05, 0) is 19.4 Å². The Morgan fingerprint density at radius 3 is 2.69 bits per heavy atom. The van der Waals surface area contributed by atoms with Crippen LogP contribution < -0.4 is 5.32 Å². The Balaban J connectivity index is 2.13. The van der Waals surface area contributed by atoms with Crippen LogP contribution >= 0.6 is 0 Å². The average molecular weight is 175 g/mol. The van der Waals surface area contributed by atoms with E-state index >= 15 is 0 Å². The fourth-order valence-corrected chi connectivity index (χ4v) is 1.71. The number of hydrogen-bond donors (Lipinski definition) is 1. The van der Waals surface area contributed by atoms with Gasteiger partial charge in [0.05, 0.1) is 6.04 Å². The topological polar surface area (TPSA) is 29.1 Å². The first-order valence-corrected chi connectivity index (χ1v) is 4.70. The maximum absolute atomic E-state index is 11.8. The molecule has 0 aromatic heterocycles. The van der Waals surface area contributed by atoms with Crippen molar-refractivity contribution in [1.82, 2.24) is 5.32 Å². The number of carbonyl (C=O) groups excluding carboxylic acids is 1. The molecule has 1 aliphatic heterocycles. The summed E-state index contributed by atoms with van der Waals surface area (Å²) in [7, 11) is 0. The van der Waals surface area contributed by atoms with E-state index in [9.17, 15) is 4.79 Å². The summed E-state index contributed by atoms with van der Waals surface area (Å²) >= 11 is 0. The van der Waals surface area contributed by atoms with Gasteiger partial charge in [0.1, 0.15) is 0 Å². The molecule has 1 N–H and O–H groups in total. The minimum atomic E-state index is 0.0578. The Morgan fingerprint density at radius 1 is 1.31 bits per heavy atom. The molecule has 68 valence electrons. The van der Waals surface area contributed by atoms with E-state index in [1.165, 1.54) is 0 Å². The normalized spacial score (nSPS) is 21.7. The van der Waals surface area contributed by atoms with Gasteiger partial charge in [-0.1, -0.05) is 30.3 Å². The fraction of sp³-hybridized carbons (Fsp3) is 0.364. The molecule has 0 aliphatic carbocycles. The van der Waals surface area contributed by atoms with Crippen LogP contribution in [0.1, 0.15) is 23.2 Å². The van der Waals surface area contributed by atoms with Crippen LogP contribution in [0, 0.1) is 0 Å². The molecule has 0 unspecified atom stereocenters. The van der Waals surface area contributed by atoms with E-state index in [0.717, 1.165) is 24.9 Å². The third-order valence-electron chi connectivity index (χ3n) is 2.44. The monoisotopic (exact) mass is 175 g/mol. The van der Waals surface area contributed by atoms with Gasteiger partial charge < -0.3 is 5.32 Å². The first-order chi connectivity index (χ1) is 6.38. The number of rotatable bonds is 2. The van der Waals surface area contributed by atoms with Crippen molar-refractivity contribution in [3.05, 3.63) is 35.9 Å². The zero-order valence-corrected chi connectivity index (χ0v) is 7.49. The minimum Gasteiger partial charge on any atom is -0.307 e. The summed E-state index contributed by atoms with van der Waals surface area (Å²) in [5, 5.41) is 3.21. The van der Waals surface area contributed by atoms with Gasteiger partial charge in [-0.15, -0.1) is 0 Å². The van der Waals surface area contributed by atoms with Gasteiger partial charge in [0.25, 0.3) is 0 Å².